The summed E-state index contributed by atoms with van der Waals surface area (Å²) in [4.78, 5) is 21.7. The van der Waals surface area contributed by atoms with Gasteiger partial charge in [0, 0.05) is 6.08 Å². The Morgan fingerprint density at radius 3 is 2.82 bits per heavy atom. The van der Waals surface area contributed by atoms with Crippen LogP contribution in [-0.2, 0) is 14.3 Å². The van der Waals surface area contributed by atoms with Crippen molar-refractivity contribution in [1.29, 1.82) is 0 Å². The van der Waals surface area contributed by atoms with Gasteiger partial charge in [-0.1, -0.05) is 23.4 Å². The van der Waals surface area contributed by atoms with Gasteiger partial charge in [0.25, 0.3) is 0 Å². The molecule has 0 spiro atoms. The second-order valence-electron chi connectivity index (χ2n) is 1.87. The molecule has 0 aromatic rings. The van der Waals surface area contributed by atoms with E-state index in [1.54, 1.807) is 0 Å². The van der Waals surface area contributed by atoms with Gasteiger partial charge in [0.1, 0.15) is 0 Å². The summed E-state index contributed by atoms with van der Waals surface area (Å²) < 4.78 is 4.72. The standard InChI is InChI=1S/C6H5ClO3S/c1-10-6(9)5-3(8)2-4(7)11-5/h2,5H,1H3. The first-order chi connectivity index (χ1) is 5.15. The third-order valence-corrected chi connectivity index (χ3v) is 2.54. The van der Waals surface area contributed by atoms with Crippen LogP contribution in [0, 0.1) is 0 Å². The molecular weight excluding hydrogens is 188 g/mol. The quantitative estimate of drug-likeness (QED) is 0.458. The Morgan fingerprint density at radius 2 is 2.45 bits per heavy atom. The number of carbonyl (C=O) groups excluding carboxylic acids is 2. The summed E-state index contributed by atoms with van der Waals surface area (Å²) in [5, 5.41) is -0.785. The van der Waals surface area contributed by atoms with Crippen molar-refractivity contribution in [3.8, 4) is 0 Å². The number of carbonyl (C=O) groups is 2. The van der Waals surface area contributed by atoms with Crippen LogP contribution in [0.25, 0.3) is 0 Å². The summed E-state index contributed by atoms with van der Waals surface area (Å²) in [7, 11) is 1.24. The Morgan fingerprint density at radius 1 is 1.82 bits per heavy atom. The van der Waals surface area contributed by atoms with E-state index in [-0.39, 0.29) is 5.78 Å². The van der Waals surface area contributed by atoms with Crippen molar-refractivity contribution >= 4 is 35.1 Å². The molecule has 0 saturated heterocycles. The second-order valence-corrected chi connectivity index (χ2v) is 3.65. The second kappa shape index (κ2) is 3.28. The summed E-state index contributed by atoms with van der Waals surface area (Å²) in [6.45, 7) is 0. The Bertz CT molecular complexity index is 236. The van der Waals surface area contributed by atoms with E-state index in [0.29, 0.717) is 4.36 Å². The third-order valence-electron chi connectivity index (χ3n) is 1.16. The number of esters is 1. The van der Waals surface area contributed by atoms with E-state index in [1.807, 2.05) is 0 Å². The van der Waals surface area contributed by atoms with Gasteiger partial charge in [-0.3, -0.25) is 9.59 Å². The molecule has 0 aliphatic carbocycles. The van der Waals surface area contributed by atoms with E-state index in [4.69, 9.17) is 11.6 Å². The van der Waals surface area contributed by atoms with Crippen LogP contribution >= 0.6 is 23.4 Å². The molecule has 1 aliphatic heterocycles. The summed E-state index contributed by atoms with van der Waals surface area (Å²) >= 11 is 6.51. The monoisotopic (exact) mass is 192 g/mol. The van der Waals surface area contributed by atoms with E-state index >= 15 is 0 Å². The molecule has 0 amide bonds. The first kappa shape index (κ1) is 8.62. The van der Waals surface area contributed by atoms with Gasteiger partial charge in [0.15, 0.2) is 11.0 Å². The first-order valence-electron chi connectivity index (χ1n) is 2.80. The van der Waals surface area contributed by atoms with Crippen molar-refractivity contribution in [3.63, 3.8) is 0 Å². The predicted molar refractivity (Wildman–Crippen MR) is 42.3 cm³/mol. The van der Waals surface area contributed by atoms with Gasteiger partial charge in [-0.2, -0.15) is 0 Å². The number of methoxy groups -OCH3 is 1. The molecule has 1 aliphatic rings. The molecule has 11 heavy (non-hydrogen) atoms. The van der Waals surface area contributed by atoms with Crippen LogP contribution in [-0.4, -0.2) is 24.1 Å². The third kappa shape index (κ3) is 1.75. The Hall–Kier alpha value is -0.480. The molecule has 60 valence electrons. The van der Waals surface area contributed by atoms with Crippen molar-refractivity contribution in [1.82, 2.24) is 0 Å². The van der Waals surface area contributed by atoms with Crippen molar-refractivity contribution in [2.45, 2.75) is 5.25 Å². The van der Waals surface area contributed by atoms with Crippen LogP contribution in [0.5, 0.6) is 0 Å². The topological polar surface area (TPSA) is 43.4 Å². The van der Waals surface area contributed by atoms with Gasteiger partial charge in [-0.25, -0.2) is 0 Å². The maximum Gasteiger partial charge on any atom is 0.327 e. The van der Waals surface area contributed by atoms with Crippen molar-refractivity contribution in [3.05, 3.63) is 10.4 Å². The highest BCUT2D eigenvalue weighted by Gasteiger charge is 2.32. The van der Waals surface area contributed by atoms with Crippen LogP contribution in [0.2, 0.25) is 0 Å². The number of ketones is 1. The lowest BCUT2D eigenvalue weighted by atomic mass is 10.3. The summed E-state index contributed by atoms with van der Waals surface area (Å²) in [5.41, 5.74) is 0. The normalized spacial score (nSPS) is 23.3. The van der Waals surface area contributed by atoms with Crippen LogP contribution in [0.3, 0.4) is 0 Å². The maximum absolute atomic E-state index is 10.9. The minimum absolute atomic E-state index is 0.299. The highest BCUT2D eigenvalue weighted by Crippen LogP contribution is 2.32. The largest absolute Gasteiger partial charge is 0.468 e. The van der Waals surface area contributed by atoms with Crippen molar-refractivity contribution < 1.29 is 14.3 Å². The fraction of sp³-hybridized carbons (Fsp3) is 0.333. The molecule has 1 atom stereocenters. The molecule has 0 aromatic carbocycles. The van der Waals surface area contributed by atoms with E-state index in [9.17, 15) is 9.59 Å². The smallest absolute Gasteiger partial charge is 0.327 e. The van der Waals surface area contributed by atoms with Gasteiger partial charge < -0.3 is 4.74 Å². The highest BCUT2D eigenvalue weighted by atomic mass is 35.5. The average molecular weight is 193 g/mol. The number of rotatable bonds is 1. The van der Waals surface area contributed by atoms with Crippen LogP contribution in [0.1, 0.15) is 0 Å². The minimum Gasteiger partial charge on any atom is -0.468 e. The predicted octanol–water partition coefficient (Wildman–Crippen LogP) is 0.924. The highest BCUT2D eigenvalue weighted by molar-refractivity contribution is 8.07. The summed E-state index contributed by atoms with van der Waals surface area (Å²) in [6, 6.07) is 0. The molecule has 0 fully saturated rings. The number of ether oxygens (including phenoxy) is 1. The molecule has 0 radical (unpaired) electrons. The van der Waals surface area contributed by atoms with Crippen LogP contribution < -0.4 is 0 Å². The number of halogens is 1. The van der Waals surface area contributed by atoms with E-state index in [0.717, 1.165) is 11.8 Å². The SMILES string of the molecule is COC(=O)C1SC(Cl)=CC1=O. The molecule has 0 saturated carbocycles. The van der Waals surface area contributed by atoms with Crippen molar-refractivity contribution in [2.75, 3.05) is 7.11 Å². The van der Waals surface area contributed by atoms with Gasteiger partial charge in [0.2, 0.25) is 0 Å². The number of hydrogen-bond donors (Lipinski definition) is 0. The summed E-state index contributed by atoms with van der Waals surface area (Å²) in [6.07, 6.45) is 1.23. The summed E-state index contributed by atoms with van der Waals surface area (Å²) in [5.74, 6) is -0.848. The lowest BCUT2D eigenvalue weighted by Gasteiger charge is -2.02. The zero-order valence-electron chi connectivity index (χ0n) is 5.67. The fourth-order valence-corrected chi connectivity index (χ4v) is 1.82. The molecular formula is C6H5ClO3S. The van der Waals surface area contributed by atoms with Gasteiger partial charge in [0.05, 0.1) is 11.5 Å². The fourth-order valence-electron chi connectivity index (χ4n) is 0.664. The number of thioether (sulfide) groups is 1. The Balaban J connectivity index is 2.67. The molecule has 1 unspecified atom stereocenters. The van der Waals surface area contributed by atoms with E-state index in [1.165, 1.54) is 13.2 Å². The number of hydrogen-bond acceptors (Lipinski definition) is 4. The average Bonchev–Trinajstić information content (AvgIpc) is 2.28. The lowest BCUT2D eigenvalue weighted by molar-refractivity contribution is -0.141. The molecule has 1 heterocycles. The molecule has 1 rings (SSSR count). The van der Waals surface area contributed by atoms with Gasteiger partial charge in [-0.05, 0) is 0 Å². The minimum atomic E-state index is -0.785. The van der Waals surface area contributed by atoms with E-state index < -0.39 is 11.2 Å². The van der Waals surface area contributed by atoms with Crippen LogP contribution in [0.15, 0.2) is 10.4 Å². The van der Waals surface area contributed by atoms with Gasteiger partial charge in [-0.15, -0.1) is 0 Å². The molecule has 0 N–H and O–H groups in total. The molecule has 3 nitrogen and oxygen atoms in total. The zero-order chi connectivity index (χ0) is 8.43. The van der Waals surface area contributed by atoms with Crippen molar-refractivity contribution in [2.24, 2.45) is 0 Å². The maximum atomic E-state index is 10.9. The Labute approximate surface area is 72.7 Å². The lowest BCUT2D eigenvalue weighted by Crippen LogP contribution is -2.23. The van der Waals surface area contributed by atoms with Crippen LogP contribution in [0.4, 0.5) is 0 Å². The van der Waals surface area contributed by atoms with E-state index in [2.05, 4.69) is 4.74 Å². The molecule has 5 heteroatoms. The van der Waals surface area contributed by atoms with Gasteiger partial charge >= 0.3 is 5.97 Å². The Kier molecular flexibility index (Phi) is 2.57. The molecule has 0 aromatic heterocycles. The number of allylic oxidation sites excluding steroid dienone is 1. The molecule has 0 bridgehead atoms. The first-order valence-corrected chi connectivity index (χ1v) is 4.06. The zero-order valence-corrected chi connectivity index (χ0v) is 7.24.